The zero-order valence-corrected chi connectivity index (χ0v) is 10.3. The summed E-state index contributed by atoms with van der Waals surface area (Å²) in [6.07, 6.45) is -0.515. The maximum absolute atomic E-state index is 11.7. The maximum Gasteiger partial charge on any atom is 0.261 e. The van der Waals surface area contributed by atoms with Gasteiger partial charge in [0.25, 0.3) is 6.43 Å². The fraction of sp³-hybridized carbons (Fsp3) is 0.625. The van der Waals surface area contributed by atoms with Crippen LogP contribution in [0.25, 0.3) is 0 Å². The van der Waals surface area contributed by atoms with Gasteiger partial charge in [0.1, 0.15) is 11.6 Å². The van der Waals surface area contributed by atoms with Crippen molar-refractivity contribution in [1.29, 1.82) is 0 Å². The molecule has 0 aliphatic heterocycles. The van der Waals surface area contributed by atoms with Gasteiger partial charge in [-0.25, -0.2) is 8.78 Å². The molecule has 3 N–H and O–H groups in total. The molecule has 1 heterocycles. The molecule has 92 valence electrons. The molecule has 0 atom stereocenters. The number of nitrogen functional groups attached to an aromatic ring is 1. The highest BCUT2D eigenvalue weighted by molar-refractivity contribution is 7.99. The first-order valence-electron chi connectivity index (χ1n) is 4.54. The highest BCUT2D eigenvalue weighted by Gasteiger charge is 2.09. The minimum absolute atomic E-state index is 0.232. The molecule has 0 aliphatic carbocycles. The number of halogens is 2. The highest BCUT2D eigenvalue weighted by atomic mass is 32.2. The summed E-state index contributed by atoms with van der Waals surface area (Å²) in [7, 11) is 0. The van der Waals surface area contributed by atoms with Gasteiger partial charge in [0.05, 0.1) is 11.5 Å². The van der Waals surface area contributed by atoms with Crippen molar-refractivity contribution in [3.63, 3.8) is 0 Å². The van der Waals surface area contributed by atoms with Gasteiger partial charge in [-0.2, -0.15) is 4.37 Å². The van der Waals surface area contributed by atoms with Gasteiger partial charge in [0, 0.05) is 6.54 Å². The molecule has 16 heavy (non-hydrogen) atoms. The lowest BCUT2D eigenvalue weighted by Crippen LogP contribution is -2.12. The monoisotopic (exact) mass is 269 g/mol. The second kappa shape index (κ2) is 6.87. The van der Waals surface area contributed by atoms with E-state index < -0.39 is 13.0 Å². The SMILES string of the molecule is CSc1c(N)nsc1NCCOCC(F)F. The third-order valence-electron chi connectivity index (χ3n) is 1.65. The van der Waals surface area contributed by atoms with Crippen LogP contribution in [0.3, 0.4) is 0 Å². The van der Waals surface area contributed by atoms with Crippen molar-refractivity contribution in [2.75, 3.05) is 37.1 Å². The third kappa shape index (κ3) is 4.11. The van der Waals surface area contributed by atoms with Crippen molar-refractivity contribution in [3.05, 3.63) is 0 Å². The molecule has 0 unspecified atom stereocenters. The van der Waals surface area contributed by atoms with Gasteiger partial charge in [-0.15, -0.1) is 11.8 Å². The summed E-state index contributed by atoms with van der Waals surface area (Å²) < 4.78 is 32.2. The van der Waals surface area contributed by atoms with Gasteiger partial charge in [-0.3, -0.25) is 0 Å². The Bertz CT molecular complexity index is 322. The normalized spacial score (nSPS) is 11.0. The molecule has 8 heteroatoms. The number of anilines is 2. The Hall–Kier alpha value is -0.600. The Labute approximate surface area is 101 Å². The minimum atomic E-state index is -2.42. The van der Waals surface area contributed by atoms with Crippen LogP contribution in [0, 0.1) is 0 Å². The van der Waals surface area contributed by atoms with E-state index in [9.17, 15) is 8.78 Å². The van der Waals surface area contributed by atoms with Crippen molar-refractivity contribution in [3.8, 4) is 0 Å². The highest BCUT2D eigenvalue weighted by Crippen LogP contribution is 2.34. The molecule has 0 fully saturated rings. The first kappa shape index (κ1) is 13.5. The van der Waals surface area contributed by atoms with E-state index in [0.29, 0.717) is 12.4 Å². The number of hydrogen-bond acceptors (Lipinski definition) is 6. The van der Waals surface area contributed by atoms with Crippen LogP contribution >= 0.6 is 23.3 Å². The van der Waals surface area contributed by atoms with Crippen LogP contribution in [0.2, 0.25) is 0 Å². The van der Waals surface area contributed by atoms with E-state index in [4.69, 9.17) is 10.5 Å². The first-order valence-corrected chi connectivity index (χ1v) is 6.54. The van der Waals surface area contributed by atoms with Gasteiger partial charge in [0.2, 0.25) is 0 Å². The van der Waals surface area contributed by atoms with Gasteiger partial charge in [-0.05, 0) is 17.8 Å². The van der Waals surface area contributed by atoms with E-state index in [-0.39, 0.29) is 6.61 Å². The lowest BCUT2D eigenvalue weighted by Gasteiger charge is -2.06. The zero-order valence-electron chi connectivity index (χ0n) is 8.70. The van der Waals surface area contributed by atoms with Gasteiger partial charge < -0.3 is 15.8 Å². The third-order valence-corrected chi connectivity index (χ3v) is 3.42. The molecule has 1 aromatic rings. The van der Waals surface area contributed by atoms with Crippen molar-refractivity contribution in [1.82, 2.24) is 4.37 Å². The van der Waals surface area contributed by atoms with Crippen LogP contribution in [0.15, 0.2) is 4.90 Å². The van der Waals surface area contributed by atoms with E-state index in [1.807, 2.05) is 6.26 Å². The summed E-state index contributed by atoms with van der Waals surface area (Å²) in [4.78, 5) is 0.888. The number of nitrogens with two attached hydrogens (primary N) is 1. The number of aromatic nitrogens is 1. The number of hydrogen-bond donors (Lipinski definition) is 2. The quantitative estimate of drug-likeness (QED) is 0.586. The Morgan fingerprint density at radius 1 is 1.62 bits per heavy atom. The molecule has 0 aromatic carbocycles. The van der Waals surface area contributed by atoms with E-state index in [1.54, 1.807) is 0 Å². The van der Waals surface area contributed by atoms with Crippen molar-refractivity contribution in [2.45, 2.75) is 11.3 Å². The van der Waals surface area contributed by atoms with Crippen LogP contribution in [-0.2, 0) is 4.74 Å². The average Bonchev–Trinajstić information content (AvgIpc) is 2.58. The van der Waals surface area contributed by atoms with Crippen LogP contribution in [0.4, 0.5) is 19.6 Å². The van der Waals surface area contributed by atoms with Crippen molar-refractivity contribution in [2.24, 2.45) is 0 Å². The summed E-state index contributed by atoms with van der Waals surface area (Å²) in [5.74, 6) is 0.494. The Balaban J connectivity index is 2.26. The summed E-state index contributed by atoms with van der Waals surface area (Å²) in [6, 6.07) is 0. The molecule has 0 saturated carbocycles. The largest absolute Gasteiger partial charge is 0.382 e. The number of thioether (sulfide) groups is 1. The lowest BCUT2D eigenvalue weighted by atomic mass is 10.6. The first-order chi connectivity index (χ1) is 7.65. The van der Waals surface area contributed by atoms with Crippen molar-refractivity contribution < 1.29 is 13.5 Å². The standard InChI is InChI=1S/C8H13F2N3OS2/c1-15-6-7(11)13-16-8(6)12-2-3-14-4-5(9)10/h5,12H,2-4H2,1H3,(H2,11,13). The molecule has 1 aromatic heterocycles. The van der Waals surface area contributed by atoms with E-state index >= 15 is 0 Å². The fourth-order valence-corrected chi connectivity index (χ4v) is 2.58. The van der Waals surface area contributed by atoms with E-state index in [2.05, 4.69) is 9.69 Å². The summed E-state index contributed by atoms with van der Waals surface area (Å²) >= 11 is 2.75. The number of rotatable bonds is 7. The molecular weight excluding hydrogens is 256 g/mol. The second-order valence-electron chi connectivity index (χ2n) is 2.82. The molecule has 0 radical (unpaired) electrons. The molecule has 0 saturated heterocycles. The Morgan fingerprint density at radius 2 is 2.38 bits per heavy atom. The summed E-state index contributed by atoms with van der Waals surface area (Å²) in [5.41, 5.74) is 5.63. The Kier molecular flexibility index (Phi) is 5.78. The predicted molar refractivity (Wildman–Crippen MR) is 63.6 cm³/mol. The topological polar surface area (TPSA) is 60.2 Å². The average molecular weight is 269 g/mol. The smallest absolute Gasteiger partial charge is 0.261 e. The number of nitrogens with one attached hydrogen (secondary N) is 1. The zero-order chi connectivity index (χ0) is 12.0. The Morgan fingerprint density at radius 3 is 3.00 bits per heavy atom. The second-order valence-corrected chi connectivity index (χ2v) is 4.41. The van der Waals surface area contributed by atoms with E-state index in [1.165, 1.54) is 23.3 Å². The van der Waals surface area contributed by atoms with Crippen LogP contribution in [0.5, 0.6) is 0 Å². The van der Waals surface area contributed by atoms with E-state index in [0.717, 1.165) is 9.90 Å². The fourth-order valence-electron chi connectivity index (χ4n) is 1.01. The molecule has 0 spiro atoms. The molecule has 0 bridgehead atoms. The number of nitrogens with zero attached hydrogens (tertiary/aromatic N) is 1. The van der Waals surface area contributed by atoms with Crippen molar-refractivity contribution >= 4 is 34.1 Å². The van der Waals surface area contributed by atoms with Gasteiger partial charge >= 0.3 is 0 Å². The lowest BCUT2D eigenvalue weighted by molar-refractivity contribution is 0.0215. The predicted octanol–water partition coefficient (Wildman–Crippen LogP) is 2.14. The van der Waals surface area contributed by atoms with Crippen LogP contribution in [0.1, 0.15) is 0 Å². The molecule has 0 amide bonds. The van der Waals surface area contributed by atoms with Crippen LogP contribution < -0.4 is 11.1 Å². The summed E-state index contributed by atoms with van der Waals surface area (Å²) in [5, 5.41) is 3.90. The molecule has 1 rings (SSSR count). The molecule has 4 nitrogen and oxygen atoms in total. The molecule has 0 aliphatic rings. The number of alkyl halides is 2. The van der Waals surface area contributed by atoms with Crippen LogP contribution in [-0.4, -0.2) is 36.8 Å². The maximum atomic E-state index is 11.7. The molecular formula is C8H13F2N3OS2. The van der Waals surface area contributed by atoms with Gasteiger partial charge in [0.15, 0.2) is 5.82 Å². The summed E-state index contributed by atoms with van der Waals surface area (Å²) in [6.45, 7) is 0.166. The number of ether oxygens (including phenoxy) is 1. The van der Waals surface area contributed by atoms with Gasteiger partial charge in [-0.1, -0.05) is 0 Å². The minimum Gasteiger partial charge on any atom is -0.382 e.